The topological polar surface area (TPSA) is 77.1 Å². The molecule has 2 rings (SSSR count). The van der Waals surface area contributed by atoms with Gasteiger partial charge in [0.2, 0.25) is 0 Å². The van der Waals surface area contributed by atoms with Crippen LogP contribution < -0.4 is 10.2 Å². The van der Waals surface area contributed by atoms with E-state index in [0.29, 0.717) is 30.5 Å². The minimum Gasteiger partial charge on any atom is -0.481 e. The Hall–Kier alpha value is -1.99. The Balaban J connectivity index is 1.68. The summed E-state index contributed by atoms with van der Waals surface area (Å²) in [6.07, 6.45) is -0.238. The summed E-state index contributed by atoms with van der Waals surface area (Å²) >= 11 is 5.82. The third-order valence-corrected chi connectivity index (χ3v) is 4.18. The van der Waals surface area contributed by atoms with Gasteiger partial charge in [0.15, 0.2) is 6.10 Å². The lowest BCUT2D eigenvalue weighted by atomic mass is 10.1. The van der Waals surface area contributed by atoms with E-state index < -0.39 is 11.7 Å². The van der Waals surface area contributed by atoms with E-state index in [2.05, 4.69) is 5.48 Å². The van der Waals surface area contributed by atoms with Gasteiger partial charge in [0, 0.05) is 24.0 Å². The number of nitrogens with one attached hydrogen (secondary N) is 1. The van der Waals surface area contributed by atoms with Crippen LogP contribution in [0.5, 0.6) is 5.75 Å². The molecule has 7 nitrogen and oxygen atoms in total. The zero-order valence-electron chi connectivity index (χ0n) is 16.2. The third kappa shape index (κ3) is 7.27. The molecule has 27 heavy (non-hydrogen) atoms. The molecule has 1 aliphatic rings. The van der Waals surface area contributed by atoms with Crippen molar-refractivity contribution in [3.8, 4) is 5.75 Å². The SMILES string of the molecule is C[C@H](Oc1ccc(Cl)cc1)C(=O)NOCC1CCN(C(=O)OC(C)(C)C)C1. The average Bonchev–Trinajstić information content (AvgIpc) is 3.04. The number of carbonyl (C=O) groups excluding carboxylic acids is 2. The maximum atomic E-state index is 12.0. The number of rotatable bonds is 6. The maximum absolute atomic E-state index is 12.0. The number of amides is 2. The second-order valence-electron chi connectivity index (χ2n) is 7.57. The standard InChI is InChI=1S/C19H27ClN2O5/c1-13(26-16-7-5-15(20)6-8-16)17(23)21-25-12-14-9-10-22(11-14)18(24)27-19(2,3)4/h5-8,13-14H,9-12H2,1-4H3,(H,21,23)/t13-,14?/m0/s1. The number of benzene rings is 1. The highest BCUT2D eigenvalue weighted by atomic mass is 35.5. The van der Waals surface area contributed by atoms with Crippen LogP contribution >= 0.6 is 11.6 Å². The number of ether oxygens (including phenoxy) is 2. The number of likely N-dealkylation sites (tertiary alicyclic amines) is 1. The zero-order valence-corrected chi connectivity index (χ0v) is 16.9. The molecule has 0 saturated carbocycles. The van der Waals surface area contributed by atoms with Gasteiger partial charge in [-0.1, -0.05) is 11.6 Å². The first-order valence-corrected chi connectivity index (χ1v) is 9.33. The van der Waals surface area contributed by atoms with Crippen LogP contribution in [0.3, 0.4) is 0 Å². The fourth-order valence-electron chi connectivity index (χ4n) is 2.55. The lowest BCUT2D eigenvalue weighted by Gasteiger charge is -2.24. The van der Waals surface area contributed by atoms with E-state index in [4.69, 9.17) is 25.9 Å². The van der Waals surface area contributed by atoms with Gasteiger partial charge in [0.25, 0.3) is 5.91 Å². The van der Waals surface area contributed by atoms with E-state index in [1.54, 1.807) is 36.1 Å². The molecule has 1 aromatic carbocycles. The van der Waals surface area contributed by atoms with Gasteiger partial charge in [-0.2, -0.15) is 0 Å². The van der Waals surface area contributed by atoms with Crippen molar-refractivity contribution in [1.82, 2.24) is 10.4 Å². The molecule has 2 atom stereocenters. The van der Waals surface area contributed by atoms with Gasteiger partial charge in [-0.25, -0.2) is 10.3 Å². The smallest absolute Gasteiger partial charge is 0.410 e. The Morgan fingerprint density at radius 2 is 1.96 bits per heavy atom. The van der Waals surface area contributed by atoms with Gasteiger partial charge in [-0.3, -0.25) is 9.63 Å². The summed E-state index contributed by atoms with van der Waals surface area (Å²) in [5.74, 6) is 0.308. The van der Waals surface area contributed by atoms with E-state index in [1.807, 2.05) is 20.8 Å². The molecule has 150 valence electrons. The minimum absolute atomic E-state index is 0.144. The molecule has 1 aromatic rings. The van der Waals surface area contributed by atoms with Crippen LogP contribution in [-0.4, -0.2) is 48.3 Å². The van der Waals surface area contributed by atoms with Gasteiger partial charge in [0.05, 0.1) is 6.61 Å². The van der Waals surface area contributed by atoms with E-state index >= 15 is 0 Å². The van der Waals surface area contributed by atoms with Crippen LogP contribution in [0.4, 0.5) is 4.79 Å². The second kappa shape index (κ2) is 9.28. The van der Waals surface area contributed by atoms with Crippen molar-refractivity contribution in [2.75, 3.05) is 19.7 Å². The molecular formula is C19H27ClN2O5. The van der Waals surface area contributed by atoms with Crippen molar-refractivity contribution in [1.29, 1.82) is 0 Å². The Morgan fingerprint density at radius 3 is 2.59 bits per heavy atom. The summed E-state index contributed by atoms with van der Waals surface area (Å²) in [7, 11) is 0. The van der Waals surface area contributed by atoms with Crippen molar-refractivity contribution < 1.29 is 23.9 Å². The zero-order chi connectivity index (χ0) is 20.0. The molecular weight excluding hydrogens is 372 g/mol. The van der Waals surface area contributed by atoms with Gasteiger partial charge < -0.3 is 14.4 Å². The van der Waals surface area contributed by atoms with Crippen LogP contribution in [-0.2, 0) is 14.4 Å². The predicted octanol–water partition coefficient (Wildman–Crippen LogP) is 3.41. The highest BCUT2D eigenvalue weighted by Crippen LogP contribution is 2.20. The highest BCUT2D eigenvalue weighted by Gasteiger charge is 2.30. The van der Waals surface area contributed by atoms with Crippen molar-refractivity contribution in [2.24, 2.45) is 5.92 Å². The number of hydrogen-bond acceptors (Lipinski definition) is 5. The molecule has 1 aliphatic heterocycles. The van der Waals surface area contributed by atoms with Crippen LogP contribution in [0.15, 0.2) is 24.3 Å². The van der Waals surface area contributed by atoms with Gasteiger partial charge >= 0.3 is 6.09 Å². The predicted molar refractivity (Wildman–Crippen MR) is 102 cm³/mol. The minimum atomic E-state index is -0.715. The molecule has 1 saturated heterocycles. The molecule has 0 bridgehead atoms. The molecule has 1 unspecified atom stereocenters. The number of carbonyl (C=O) groups is 2. The van der Waals surface area contributed by atoms with Crippen LogP contribution in [0, 0.1) is 5.92 Å². The van der Waals surface area contributed by atoms with E-state index in [1.165, 1.54) is 0 Å². The van der Waals surface area contributed by atoms with Crippen molar-refractivity contribution in [3.05, 3.63) is 29.3 Å². The van der Waals surface area contributed by atoms with Crippen LogP contribution in [0.1, 0.15) is 34.1 Å². The first-order chi connectivity index (χ1) is 12.6. The lowest BCUT2D eigenvalue weighted by molar-refractivity contribution is -0.141. The van der Waals surface area contributed by atoms with Crippen LogP contribution in [0.25, 0.3) is 0 Å². The molecule has 8 heteroatoms. The summed E-state index contributed by atoms with van der Waals surface area (Å²) in [5, 5.41) is 0.597. The molecule has 0 spiro atoms. The average molecular weight is 399 g/mol. The maximum Gasteiger partial charge on any atom is 0.410 e. The molecule has 2 amide bonds. The Labute approximate surface area is 164 Å². The Kier molecular flexibility index (Phi) is 7.33. The molecule has 1 heterocycles. The Bertz CT molecular complexity index is 644. The number of hydrogen-bond donors (Lipinski definition) is 1. The fourth-order valence-corrected chi connectivity index (χ4v) is 2.67. The fraction of sp³-hybridized carbons (Fsp3) is 0.579. The van der Waals surface area contributed by atoms with Crippen molar-refractivity contribution in [2.45, 2.75) is 45.8 Å². The van der Waals surface area contributed by atoms with Crippen molar-refractivity contribution >= 4 is 23.6 Å². The van der Waals surface area contributed by atoms with E-state index in [9.17, 15) is 9.59 Å². The summed E-state index contributed by atoms with van der Waals surface area (Å²) in [6.45, 7) is 8.62. The molecule has 0 aromatic heterocycles. The quantitative estimate of drug-likeness (QED) is 0.743. The van der Waals surface area contributed by atoms with Gasteiger partial charge in [-0.05, 0) is 58.4 Å². The molecule has 1 N–H and O–H groups in total. The highest BCUT2D eigenvalue weighted by molar-refractivity contribution is 6.30. The monoisotopic (exact) mass is 398 g/mol. The first kappa shape index (κ1) is 21.3. The first-order valence-electron chi connectivity index (χ1n) is 8.96. The van der Waals surface area contributed by atoms with E-state index in [0.717, 1.165) is 6.42 Å². The molecule has 0 aliphatic carbocycles. The number of nitrogens with zero attached hydrogens (tertiary/aromatic N) is 1. The van der Waals surface area contributed by atoms with Crippen molar-refractivity contribution in [3.63, 3.8) is 0 Å². The number of halogens is 1. The van der Waals surface area contributed by atoms with E-state index in [-0.39, 0.29) is 17.9 Å². The number of hydroxylamine groups is 1. The largest absolute Gasteiger partial charge is 0.481 e. The van der Waals surface area contributed by atoms with Gasteiger partial charge in [-0.15, -0.1) is 0 Å². The third-order valence-electron chi connectivity index (χ3n) is 3.93. The normalized spacial score (nSPS) is 18.1. The second-order valence-corrected chi connectivity index (χ2v) is 8.01. The summed E-state index contributed by atoms with van der Waals surface area (Å²) in [5.41, 5.74) is 1.88. The van der Waals surface area contributed by atoms with Gasteiger partial charge in [0.1, 0.15) is 11.4 Å². The summed E-state index contributed by atoms with van der Waals surface area (Å²) < 4.78 is 10.9. The Morgan fingerprint density at radius 1 is 1.30 bits per heavy atom. The summed E-state index contributed by atoms with van der Waals surface area (Å²) in [6, 6.07) is 6.76. The lowest BCUT2D eigenvalue weighted by Crippen LogP contribution is -2.38. The molecule has 0 radical (unpaired) electrons. The summed E-state index contributed by atoms with van der Waals surface area (Å²) in [4.78, 5) is 31.1. The van der Waals surface area contributed by atoms with Crippen LogP contribution in [0.2, 0.25) is 5.02 Å². The molecule has 1 fully saturated rings.